The Labute approximate surface area is 122 Å². The molecule has 2 heterocycles. The van der Waals surface area contributed by atoms with Crippen molar-refractivity contribution in [1.29, 1.82) is 0 Å². The van der Waals surface area contributed by atoms with Crippen molar-refractivity contribution in [3.8, 4) is 0 Å². The van der Waals surface area contributed by atoms with Gasteiger partial charge in [-0.15, -0.1) is 0 Å². The van der Waals surface area contributed by atoms with E-state index < -0.39 is 0 Å². The number of hydrogen-bond acceptors (Lipinski definition) is 3. The SMILES string of the molecule is Cc1cc(N2CCCC3CCCCC32)c(CN)c(C)n1. The molecule has 1 saturated carbocycles. The van der Waals surface area contributed by atoms with Gasteiger partial charge in [-0.2, -0.15) is 0 Å². The fourth-order valence-corrected chi connectivity index (χ4v) is 4.27. The number of anilines is 1. The molecule has 3 nitrogen and oxygen atoms in total. The maximum atomic E-state index is 6.01. The number of pyridine rings is 1. The van der Waals surface area contributed by atoms with E-state index in [0.717, 1.165) is 23.3 Å². The molecule has 3 heteroatoms. The van der Waals surface area contributed by atoms with Gasteiger partial charge in [0.15, 0.2) is 0 Å². The van der Waals surface area contributed by atoms with Gasteiger partial charge in [-0.25, -0.2) is 0 Å². The Kier molecular flexibility index (Phi) is 3.97. The minimum absolute atomic E-state index is 0.600. The molecule has 1 aliphatic carbocycles. The van der Waals surface area contributed by atoms with Crippen LogP contribution in [-0.4, -0.2) is 17.6 Å². The molecular formula is C17H27N3. The van der Waals surface area contributed by atoms with Gasteiger partial charge in [0.2, 0.25) is 0 Å². The average molecular weight is 273 g/mol. The van der Waals surface area contributed by atoms with Crippen molar-refractivity contribution >= 4 is 5.69 Å². The second-order valence-electron chi connectivity index (χ2n) is 6.50. The lowest BCUT2D eigenvalue weighted by Gasteiger charge is -2.46. The predicted octanol–water partition coefficient (Wildman–Crippen LogP) is 3.32. The molecule has 20 heavy (non-hydrogen) atoms. The largest absolute Gasteiger partial charge is 0.368 e. The molecule has 1 aromatic rings. The molecule has 2 N–H and O–H groups in total. The highest BCUT2D eigenvalue weighted by atomic mass is 15.2. The van der Waals surface area contributed by atoms with Crippen LogP contribution in [0.5, 0.6) is 0 Å². The molecule has 2 atom stereocenters. The number of nitrogens with zero attached hydrogens (tertiary/aromatic N) is 2. The summed E-state index contributed by atoms with van der Waals surface area (Å²) >= 11 is 0. The molecule has 2 fully saturated rings. The summed E-state index contributed by atoms with van der Waals surface area (Å²) in [5.41, 5.74) is 10.9. The molecule has 2 aliphatic rings. The van der Waals surface area contributed by atoms with E-state index in [4.69, 9.17) is 5.73 Å². The molecule has 0 spiro atoms. The van der Waals surface area contributed by atoms with E-state index in [2.05, 4.69) is 29.8 Å². The monoisotopic (exact) mass is 273 g/mol. The summed E-state index contributed by atoms with van der Waals surface area (Å²) in [6.07, 6.45) is 8.33. The number of aryl methyl sites for hydroxylation is 2. The van der Waals surface area contributed by atoms with Crippen molar-refractivity contribution < 1.29 is 0 Å². The van der Waals surface area contributed by atoms with Gasteiger partial charge < -0.3 is 10.6 Å². The van der Waals surface area contributed by atoms with Crippen LogP contribution in [0.1, 0.15) is 55.5 Å². The first-order valence-corrected chi connectivity index (χ1v) is 8.14. The van der Waals surface area contributed by atoms with Crippen LogP contribution in [0.3, 0.4) is 0 Å². The number of rotatable bonds is 2. The number of piperidine rings is 1. The molecular weight excluding hydrogens is 246 g/mol. The maximum Gasteiger partial charge on any atom is 0.0450 e. The van der Waals surface area contributed by atoms with E-state index in [-0.39, 0.29) is 0 Å². The van der Waals surface area contributed by atoms with Crippen LogP contribution >= 0.6 is 0 Å². The first-order valence-electron chi connectivity index (χ1n) is 8.14. The maximum absolute atomic E-state index is 6.01. The Balaban J connectivity index is 1.98. The van der Waals surface area contributed by atoms with E-state index >= 15 is 0 Å². The third kappa shape index (κ3) is 2.44. The third-order valence-corrected chi connectivity index (χ3v) is 5.19. The zero-order valence-electron chi connectivity index (χ0n) is 12.9. The molecule has 0 amide bonds. The first-order chi connectivity index (χ1) is 9.70. The summed E-state index contributed by atoms with van der Waals surface area (Å²) in [7, 11) is 0. The molecule has 3 rings (SSSR count). The van der Waals surface area contributed by atoms with Crippen molar-refractivity contribution in [2.75, 3.05) is 11.4 Å². The van der Waals surface area contributed by atoms with Gasteiger partial charge >= 0.3 is 0 Å². The standard InChI is InChI=1S/C17H27N3/c1-12-10-17(15(11-18)13(2)19-12)20-9-5-7-14-6-3-4-8-16(14)20/h10,14,16H,3-9,11,18H2,1-2H3. The van der Waals surface area contributed by atoms with E-state index in [9.17, 15) is 0 Å². The second-order valence-corrected chi connectivity index (χ2v) is 6.50. The fraction of sp³-hybridized carbons (Fsp3) is 0.706. The highest BCUT2D eigenvalue weighted by Gasteiger charge is 2.34. The Bertz CT molecular complexity index is 481. The minimum atomic E-state index is 0.600. The van der Waals surface area contributed by atoms with Gasteiger partial charge in [-0.3, -0.25) is 4.98 Å². The lowest BCUT2D eigenvalue weighted by Crippen LogP contribution is -2.47. The van der Waals surface area contributed by atoms with Crippen LogP contribution in [0, 0.1) is 19.8 Å². The summed E-state index contributed by atoms with van der Waals surface area (Å²) in [5, 5.41) is 0. The summed E-state index contributed by atoms with van der Waals surface area (Å²) < 4.78 is 0. The van der Waals surface area contributed by atoms with Crippen LogP contribution in [0.25, 0.3) is 0 Å². The minimum Gasteiger partial charge on any atom is -0.368 e. The zero-order chi connectivity index (χ0) is 14.1. The Morgan fingerprint density at radius 3 is 2.75 bits per heavy atom. The van der Waals surface area contributed by atoms with E-state index in [1.165, 1.54) is 56.3 Å². The molecule has 1 saturated heterocycles. The molecule has 1 aromatic heterocycles. The van der Waals surface area contributed by atoms with Gasteiger partial charge in [-0.05, 0) is 51.5 Å². The fourth-order valence-electron chi connectivity index (χ4n) is 4.27. The van der Waals surface area contributed by atoms with Gasteiger partial charge in [0, 0.05) is 41.8 Å². The summed E-state index contributed by atoms with van der Waals surface area (Å²) in [6, 6.07) is 3.00. The second kappa shape index (κ2) is 5.72. The predicted molar refractivity (Wildman–Crippen MR) is 83.9 cm³/mol. The van der Waals surface area contributed by atoms with E-state index in [1.54, 1.807) is 0 Å². The lowest BCUT2D eigenvalue weighted by molar-refractivity contribution is 0.243. The van der Waals surface area contributed by atoms with Crippen LogP contribution in [0.2, 0.25) is 0 Å². The number of nitrogens with two attached hydrogens (primary N) is 1. The molecule has 110 valence electrons. The van der Waals surface area contributed by atoms with Gasteiger partial charge in [-0.1, -0.05) is 12.8 Å². The van der Waals surface area contributed by atoms with Crippen molar-refractivity contribution in [3.05, 3.63) is 23.0 Å². The van der Waals surface area contributed by atoms with Gasteiger partial charge in [0.05, 0.1) is 0 Å². The Morgan fingerprint density at radius 1 is 1.20 bits per heavy atom. The summed E-state index contributed by atoms with van der Waals surface area (Å²) in [5.74, 6) is 0.900. The van der Waals surface area contributed by atoms with Crippen molar-refractivity contribution in [2.24, 2.45) is 11.7 Å². The first kappa shape index (κ1) is 13.9. The normalized spacial score (nSPS) is 26.4. The molecule has 1 aliphatic heterocycles. The smallest absolute Gasteiger partial charge is 0.0450 e. The van der Waals surface area contributed by atoms with Crippen molar-refractivity contribution in [1.82, 2.24) is 4.98 Å². The highest BCUT2D eigenvalue weighted by molar-refractivity contribution is 5.57. The van der Waals surface area contributed by atoms with Crippen LogP contribution < -0.4 is 10.6 Å². The van der Waals surface area contributed by atoms with Crippen LogP contribution in [-0.2, 0) is 6.54 Å². The van der Waals surface area contributed by atoms with Gasteiger partial charge in [0.25, 0.3) is 0 Å². The van der Waals surface area contributed by atoms with Crippen LogP contribution in [0.4, 0.5) is 5.69 Å². The zero-order valence-corrected chi connectivity index (χ0v) is 12.9. The molecule has 2 unspecified atom stereocenters. The van der Waals surface area contributed by atoms with Crippen molar-refractivity contribution in [2.45, 2.75) is 65.0 Å². The summed E-state index contributed by atoms with van der Waals surface area (Å²) in [6.45, 7) is 5.99. The lowest BCUT2D eigenvalue weighted by atomic mass is 9.78. The molecule has 0 aromatic carbocycles. The number of aromatic nitrogens is 1. The third-order valence-electron chi connectivity index (χ3n) is 5.19. The Morgan fingerprint density at radius 2 is 1.95 bits per heavy atom. The number of hydrogen-bond donors (Lipinski definition) is 1. The summed E-state index contributed by atoms with van der Waals surface area (Å²) in [4.78, 5) is 7.26. The van der Waals surface area contributed by atoms with E-state index in [0.29, 0.717) is 6.54 Å². The number of fused-ring (bicyclic) bond motifs is 1. The quantitative estimate of drug-likeness (QED) is 0.899. The Hall–Kier alpha value is -1.09. The topological polar surface area (TPSA) is 42.1 Å². The van der Waals surface area contributed by atoms with Crippen LogP contribution in [0.15, 0.2) is 6.07 Å². The van der Waals surface area contributed by atoms with Crippen molar-refractivity contribution in [3.63, 3.8) is 0 Å². The average Bonchev–Trinajstić information content (AvgIpc) is 2.46. The molecule has 0 radical (unpaired) electrons. The van der Waals surface area contributed by atoms with E-state index in [1.807, 2.05) is 0 Å². The highest BCUT2D eigenvalue weighted by Crippen LogP contribution is 2.39. The molecule has 0 bridgehead atoms. The van der Waals surface area contributed by atoms with Gasteiger partial charge in [0.1, 0.15) is 0 Å².